The second-order valence-corrected chi connectivity index (χ2v) is 7.02. The maximum absolute atomic E-state index is 12.7. The summed E-state index contributed by atoms with van der Waals surface area (Å²) in [5.41, 5.74) is 3.47. The molecule has 0 aromatic heterocycles. The Balaban J connectivity index is 2.38. The number of ether oxygens (including phenoxy) is 3. The van der Waals surface area contributed by atoms with Gasteiger partial charge < -0.3 is 19.5 Å². The summed E-state index contributed by atoms with van der Waals surface area (Å²) in [7, 11) is 11.6. The third-order valence-electron chi connectivity index (χ3n) is 5.41. The van der Waals surface area contributed by atoms with Crippen LogP contribution >= 0.6 is 0 Å². The summed E-state index contributed by atoms with van der Waals surface area (Å²) in [4.78, 5) is 24.9. The molecule has 0 bridgehead atoms. The third kappa shape index (κ3) is 3.91. The fourth-order valence-electron chi connectivity index (χ4n) is 3.91. The van der Waals surface area contributed by atoms with E-state index in [1.54, 1.807) is 40.4 Å². The molecule has 1 atom stereocenters. The molecule has 1 aliphatic rings. The summed E-state index contributed by atoms with van der Waals surface area (Å²) >= 11 is 0. The minimum atomic E-state index is -0.327. The highest BCUT2D eigenvalue weighted by atomic mass is 16.5. The molecule has 2 aromatic carbocycles. The van der Waals surface area contributed by atoms with Gasteiger partial charge in [-0.3, -0.25) is 9.59 Å². The van der Waals surface area contributed by atoms with E-state index in [1.165, 1.54) is 7.17 Å². The number of hydrogen-bond donors (Lipinski definition) is 1. The van der Waals surface area contributed by atoms with Crippen molar-refractivity contribution in [2.24, 2.45) is 0 Å². The second-order valence-electron chi connectivity index (χ2n) is 7.02. The normalized spacial score (nSPS) is 14.6. The van der Waals surface area contributed by atoms with Crippen LogP contribution in [0.15, 0.2) is 29.1 Å². The molecule has 0 aliphatic heterocycles. The van der Waals surface area contributed by atoms with E-state index in [0.29, 0.717) is 42.0 Å². The quantitative estimate of drug-likeness (QED) is 0.742. The fraction of sp³-hybridized carbons (Fsp3) is 0.364. The number of methoxy groups -OCH3 is 3. The topological polar surface area (TPSA) is 73.9 Å². The molecule has 30 heavy (non-hydrogen) atoms. The van der Waals surface area contributed by atoms with Gasteiger partial charge in [0.1, 0.15) is 7.17 Å². The van der Waals surface area contributed by atoms with E-state index < -0.39 is 0 Å². The van der Waals surface area contributed by atoms with Crippen molar-refractivity contribution < 1.29 is 19.0 Å². The molecule has 1 aliphatic carbocycles. The van der Waals surface area contributed by atoms with Crippen LogP contribution in [0.3, 0.4) is 0 Å². The maximum atomic E-state index is 12.7. The third-order valence-corrected chi connectivity index (χ3v) is 5.41. The Bertz CT molecular complexity index is 1030. The van der Waals surface area contributed by atoms with Crippen molar-refractivity contribution in [2.45, 2.75) is 32.2 Å². The minimum absolute atomic E-state index is 0.0800. The van der Waals surface area contributed by atoms with Gasteiger partial charge in [0.2, 0.25) is 11.7 Å². The first-order valence-electron chi connectivity index (χ1n) is 9.83. The van der Waals surface area contributed by atoms with Gasteiger partial charge in [-0.05, 0) is 41.7 Å². The van der Waals surface area contributed by atoms with Gasteiger partial charge in [0.05, 0.1) is 27.4 Å². The van der Waals surface area contributed by atoms with Gasteiger partial charge in [0.15, 0.2) is 16.9 Å². The number of benzene rings is 1. The highest BCUT2D eigenvalue weighted by Crippen LogP contribution is 2.50. The van der Waals surface area contributed by atoms with Crippen molar-refractivity contribution in [3.8, 4) is 28.4 Å². The number of aryl methyl sites for hydroxylation is 1. The van der Waals surface area contributed by atoms with E-state index in [2.05, 4.69) is 5.32 Å². The predicted molar refractivity (Wildman–Crippen MR) is 118 cm³/mol. The Kier molecular flexibility index (Phi) is 6.75. The van der Waals surface area contributed by atoms with Crippen LogP contribution in [0.25, 0.3) is 11.1 Å². The zero-order valence-corrected chi connectivity index (χ0v) is 17.7. The molecule has 0 heterocycles. The molecule has 0 saturated carbocycles. The smallest absolute Gasteiger partial charge is 0.220 e. The number of rotatable bonds is 6. The number of carbonyl (C=O) groups is 1. The molecule has 0 unspecified atom stereocenters. The van der Waals surface area contributed by atoms with Gasteiger partial charge in [-0.25, -0.2) is 0 Å². The van der Waals surface area contributed by atoms with E-state index in [4.69, 9.17) is 21.9 Å². The van der Waals surface area contributed by atoms with E-state index >= 15 is 0 Å². The molecule has 3 radical (unpaired) electrons. The van der Waals surface area contributed by atoms with Gasteiger partial charge in [0.25, 0.3) is 0 Å². The highest BCUT2D eigenvalue weighted by Gasteiger charge is 2.29. The van der Waals surface area contributed by atoms with Gasteiger partial charge in [-0.2, -0.15) is 0 Å². The fourth-order valence-corrected chi connectivity index (χ4v) is 3.91. The Labute approximate surface area is 178 Å². The average molecular weight is 404 g/mol. The van der Waals surface area contributed by atoms with Crippen LogP contribution in [0.2, 0.25) is 0 Å². The number of carbonyl (C=O) groups excluding carboxylic acids is 1. The zero-order chi connectivity index (χ0) is 21.8. The van der Waals surface area contributed by atoms with Crippen molar-refractivity contribution in [1.29, 1.82) is 0 Å². The van der Waals surface area contributed by atoms with Crippen LogP contribution in [0, 0.1) is 0 Å². The Hall–Kier alpha value is -2.89. The first-order valence-corrected chi connectivity index (χ1v) is 9.83. The van der Waals surface area contributed by atoms with Crippen molar-refractivity contribution in [3.05, 3.63) is 45.6 Å². The number of amides is 1. The van der Waals surface area contributed by atoms with Gasteiger partial charge in [-0.1, -0.05) is 24.5 Å². The van der Waals surface area contributed by atoms with Crippen molar-refractivity contribution >= 4 is 26.3 Å². The Morgan fingerprint density at radius 3 is 2.50 bits per heavy atom. The Morgan fingerprint density at radius 1 is 1.17 bits per heavy atom. The van der Waals surface area contributed by atoms with Crippen LogP contribution in [0.1, 0.15) is 36.9 Å². The van der Waals surface area contributed by atoms with E-state index in [9.17, 15) is 9.59 Å². The maximum Gasteiger partial charge on any atom is 0.220 e. The highest BCUT2D eigenvalue weighted by molar-refractivity contribution is 6.97. The molecule has 2 aromatic rings. The first-order chi connectivity index (χ1) is 14.5. The first kappa shape index (κ1) is 21.8. The van der Waals surface area contributed by atoms with Crippen molar-refractivity contribution in [3.63, 3.8) is 0 Å². The summed E-state index contributed by atoms with van der Waals surface area (Å²) in [5, 5.41) is 3.05. The lowest BCUT2D eigenvalue weighted by atomic mass is 9.51. The second kappa shape index (κ2) is 9.28. The Morgan fingerprint density at radius 2 is 1.90 bits per heavy atom. The van der Waals surface area contributed by atoms with Crippen molar-refractivity contribution in [2.75, 3.05) is 21.3 Å². The lowest BCUT2D eigenvalue weighted by molar-refractivity contribution is -0.121. The molecule has 0 spiro atoms. The van der Waals surface area contributed by atoms with Crippen LogP contribution in [0.5, 0.6) is 17.2 Å². The molecular weight excluding hydrogens is 380 g/mol. The standard InChI is InChI=1S/C22H24B2NO5/c1-5-19(27)25-16-9-6-12-10-18(28-2)21(29-3)22(30-4)20(12)13-7-8-15(24-23)17(26)11-14(13)16/h7-8,10-11,16H,5-6,9H2,1-4H3,(H,25,27)/t16-/m0/s1. The molecule has 0 fully saturated rings. The lowest BCUT2D eigenvalue weighted by Gasteiger charge is -2.20. The largest absolute Gasteiger partial charge is 0.493 e. The molecular formula is C22H24B2NO5. The predicted octanol–water partition coefficient (Wildman–Crippen LogP) is 1.67. The molecule has 6 nitrogen and oxygen atoms in total. The summed E-state index contributed by atoms with van der Waals surface area (Å²) in [6, 6.07) is 6.68. The van der Waals surface area contributed by atoms with E-state index in [1.807, 2.05) is 12.1 Å². The minimum Gasteiger partial charge on any atom is -0.493 e. The summed E-state index contributed by atoms with van der Waals surface area (Å²) in [5.74, 6) is 1.47. The number of fused-ring (bicyclic) bond motifs is 3. The molecule has 3 rings (SSSR count). The lowest BCUT2D eigenvalue weighted by Crippen LogP contribution is -2.31. The van der Waals surface area contributed by atoms with E-state index in [0.717, 1.165) is 22.3 Å². The summed E-state index contributed by atoms with van der Waals surface area (Å²) in [6.45, 7) is 1.80. The average Bonchev–Trinajstić information content (AvgIpc) is 3.00. The van der Waals surface area contributed by atoms with Crippen LogP contribution in [-0.4, -0.2) is 42.1 Å². The van der Waals surface area contributed by atoms with Crippen LogP contribution in [-0.2, 0) is 11.2 Å². The zero-order valence-electron chi connectivity index (χ0n) is 17.7. The van der Waals surface area contributed by atoms with Gasteiger partial charge in [0, 0.05) is 19.7 Å². The van der Waals surface area contributed by atoms with Crippen molar-refractivity contribution in [1.82, 2.24) is 5.32 Å². The van der Waals surface area contributed by atoms with Crippen LogP contribution in [0.4, 0.5) is 0 Å². The summed E-state index contributed by atoms with van der Waals surface area (Å²) in [6.07, 6.45) is 1.63. The summed E-state index contributed by atoms with van der Waals surface area (Å²) < 4.78 is 16.8. The monoisotopic (exact) mass is 404 g/mol. The SMILES string of the molecule is [B][B]c1ccc2c(cc1=O)[C@@H](NC(=O)CC)CCc1cc(OC)c(OC)c(OC)c1-2. The van der Waals surface area contributed by atoms with E-state index in [-0.39, 0.29) is 17.4 Å². The molecule has 0 saturated heterocycles. The molecule has 1 amide bonds. The number of hydrogen-bond acceptors (Lipinski definition) is 5. The van der Waals surface area contributed by atoms with Gasteiger partial charge >= 0.3 is 0 Å². The molecule has 1 N–H and O–H groups in total. The molecule has 8 heteroatoms. The van der Waals surface area contributed by atoms with Crippen LogP contribution < -0.4 is 30.4 Å². The number of nitrogens with one attached hydrogen (secondary N) is 1. The van der Waals surface area contributed by atoms with Gasteiger partial charge in [-0.15, -0.1) is 0 Å². The molecule has 153 valence electrons.